The number of hydrogen-bond acceptors (Lipinski definition) is 4. The van der Waals surface area contributed by atoms with Gasteiger partial charge in [0, 0.05) is 13.1 Å². The van der Waals surface area contributed by atoms with E-state index in [0.717, 1.165) is 32.4 Å². The molecule has 2 heterocycles. The summed E-state index contributed by atoms with van der Waals surface area (Å²) in [5.41, 5.74) is 1.37. The number of likely N-dealkylation sites (tertiary alicyclic amines) is 1. The van der Waals surface area contributed by atoms with Crippen molar-refractivity contribution in [3.8, 4) is 0 Å². The number of amides is 1. The van der Waals surface area contributed by atoms with E-state index < -0.39 is 6.10 Å². The Balaban J connectivity index is 1.66. The minimum atomic E-state index is -0.617. The highest BCUT2D eigenvalue weighted by Crippen LogP contribution is 2.29. The zero-order valence-electron chi connectivity index (χ0n) is 13.3. The monoisotopic (exact) mass is 330 g/mol. The molecule has 0 saturated carbocycles. The Labute approximate surface area is 140 Å². The van der Waals surface area contributed by atoms with Gasteiger partial charge in [0.05, 0.1) is 6.20 Å². The summed E-state index contributed by atoms with van der Waals surface area (Å²) >= 11 is 1.29. The van der Waals surface area contributed by atoms with Gasteiger partial charge in [-0.3, -0.25) is 4.79 Å². The van der Waals surface area contributed by atoms with Gasteiger partial charge in [0.25, 0.3) is 5.91 Å². The Morgan fingerprint density at radius 2 is 2.09 bits per heavy atom. The Hall–Kier alpha value is -1.72. The quantitative estimate of drug-likeness (QED) is 0.935. The van der Waals surface area contributed by atoms with Crippen molar-refractivity contribution in [1.82, 2.24) is 9.88 Å². The molecule has 2 atom stereocenters. The van der Waals surface area contributed by atoms with Crippen molar-refractivity contribution in [1.29, 1.82) is 0 Å². The van der Waals surface area contributed by atoms with Crippen LogP contribution in [-0.2, 0) is 0 Å². The smallest absolute Gasteiger partial charge is 0.265 e. The van der Waals surface area contributed by atoms with Crippen molar-refractivity contribution >= 4 is 17.2 Å². The lowest BCUT2D eigenvalue weighted by Crippen LogP contribution is -2.31. The first-order valence-corrected chi connectivity index (χ1v) is 8.95. The van der Waals surface area contributed by atoms with Gasteiger partial charge in [-0.2, -0.15) is 0 Å². The molecule has 1 saturated heterocycles. The van der Waals surface area contributed by atoms with Crippen LogP contribution in [0.4, 0.5) is 0 Å². The summed E-state index contributed by atoms with van der Waals surface area (Å²) in [6.45, 7) is 3.24. The maximum absolute atomic E-state index is 12.6. The number of carbonyl (C=O) groups is 1. The van der Waals surface area contributed by atoms with Crippen molar-refractivity contribution in [3.05, 3.63) is 52.0 Å². The first-order chi connectivity index (χ1) is 11.1. The highest BCUT2D eigenvalue weighted by molar-refractivity contribution is 7.13. The fourth-order valence-corrected chi connectivity index (χ4v) is 3.92. The SMILES string of the molecule is C[C@H](O)c1ncc(C(=O)N2CCC[C@H](c3ccccc3)CC2)s1. The van der Waals surface area contributed by atoms with Crippen LogP contribution >= 0.6 is 11.3 Å². The number of aliphatic hydroxyl groups is 1. The minimum absolute atomic E-state index is 0.0445. The van der Waals surface area contributed by atoms with Gasteiger partial charge >= 0.3 is 0 Å². The van der Waals surface area contributed by atoms with Gasteiger partial charge in [-0.25, -0.2) is 4.98 Å². The molecular formula is C18H22N2O2S. The van der Waals surface area contributed by atoms with Crippen LogP contribution in [0.15, 0.2) is 36.5 Å². The maximum atomic E-state index is 12.6. The van der Waals surface area contributed by atoms with Crippen LogP contribution in [0, 0.1) is 0 Å². The van der Waals surface area contributed by atoms with Crippen LogP contribution in [0.1, 0.15) is 58.5 Å². The molecule has 0 aliphatic carbocycles. The second kappa shape index (κ2) is 7.23. The lowest BCUT2D eigenvalue weighted by molar-refractivity contribution is 0.0765. The predicted octanol–water partition coefficient (Wildman–Crippen LogP) is 3.61. The third-order valence-electron chi connectivity index (χ3n) is 4.38. The van der Waals surface area contributed by atoms with E-state index in [-0.39, 0.29) is 5.91 Å². The summed E-state index contributed by atoms with van der Waals surface area (Å²) in [5.74, 6) is 0.576. The second-order valence-corrected chi connectivity index (χ2v) is 7.13. The second-order valence-electron chi connectivity index (χ2n) is 6.07. The molecule has 1 aliphatic heterocycles. The molecule has 0 unspecified atom stereocenters. The zero-order chi connectivity index (χ0) is 16.2. The van der Waals surface area contributed by atoms with Crippen LogP contribution < -0.4 is 0 Å². The molecule has 1 N–H and O–H groups in total. The van der Waals surface area contributed by atoms with E-state index in [1.807, 2.05) is 11.0 Å². The van der Waals surface area contributed by atoms with Gasteiger partial charge < -0.3 is 10.0 Å². The first kappa shape index (κ1) is 16.1. The number of benzene rings is 1. The lowest BCUT2D eigenvalue weighted by atomic mass is 9.92. The summed E-state index contributed by atoms with van der Waals surface area (Å²) in [5, 5.41) is 10.2. The third kappa shape index (κ3) is 3.79. The lowest BCUT2D eigenvalue weighted by Gasteiger charge is -2.19. The van der Waals surface area contributed by atoms with Crippen LogP contribution in [0.5, 0.6) is 0 Å². The van der Waals surface area contributed by atoms with Gasteiger partial charge in [-0.15, -0.1) is 11.3 Å². The van der Waals surface area contributed by atoms with Gasteiger partial charge in [0.2, 0.25) is 0 Å². The predicted molar refractivity (Wildman–Crippen MR) is 91.7 cm³/mol. The van der Waals surface area contributed by atoms with Crippen LogP contribution in [0.3, 0.4) is 0 Å². The van der Waals surface area contributed by atoms with Gasteiger partial charge in [0.1, 0.15) is 16.0 Å². The molecular weight excluding hydrogens is 308 g/mol. The van der Waals surface area contributed by atoms with Gasteiger partial charge in [-0.05, 0) is 37.7 Å². The Kier molecular flexibility index (Phi) is 5.08. The first-order valence-electron chi connectivity index (χ1n) is 8.13. The average Bonchev–Trinajstić information content (AvgIpc) is 2.94. The highest BCUT2D eigenvalue weighted by Gasteiger charge is 2.24. The molecule has 0 spiro atoms. The fraction of sp³-hybridized carbons (Fsp3) is 0.444. The molecule has 3 rings (SSSR count). The van der Waals surface area contributed by atoms with Crippen molar-refractivity contribution in [2.75, 3.05) is 13.1 Å². The van der Waals surface area contributed by atoms with E-state index in [4.69, 9.17) is 0 Å². The summed E-state index contributed by atoms with van der Waals surface area (Å²) in [6.07, 6.45) is 4.11. The number of carbonyl (C=O) groups excluding carboxylic acids is 1. The van der Waals surface area contributed by atoms with Crippen molar-refractivity contribution in [2.24, 2.45) is 0 Å². The highest BCUT2D eigenvalue weighted by atomic mass is 32.1. The molecule has 2 aromatic rings. The van der Waals surface area contributed by atoms with E-state index in [9.17, 15) is 9.90 Å². The summed E-state index contributed by atoms with van der Waals surface area (Å²) < 4.78 is 0. The zero-order valence-corrected chi connectivity index (χ0v) is 14.1. The summed E-state index contributed by atoms with van der Waals surface area (Å²) in [4.78, 5) is 19.3. The number of aromatic nitrogens is 1. The molecule has 5 heteroatoms. The van der Waals surface area contributed by atoms with Crippen LogP contribution in [-0.4, -0.2) is 34.0 Å². The molecule has 0 bridgehead atoms. The molecule has 122 valence electrons. The van der Waals surface area contributed by atoms with Gasteiger partial charge in [0.15, 0.2) is 0 Å². The number of nitrogens with zero attached hydrogens (tertiary/aromatic N) is 2. The van der Waals surface area contributed by atoms with E-state index in [0.29, 0.717) is 15.8 Å². The molecule has 1 aromatic heterocycles. The molecule has 1 amide bonds. The Morgan fingerprint density at radius 3 is 2.78 bits per heavy atom. The third-order valence-corrected chi connectivity index (χ3v) is 5.53. The van der Waals surface area contributed by atoms with E-state index >= 15 is 0 Å². The van der Waals surface area contributed by atoms with Crippen molar-refractivity contribution < 1.29 is 9.90 Å². The average molecular weight is 330 g/mol. The van der Waals surface area contributed by atoms with E-state index in [1.54, 1.807) is 13.1 Å². The maximum Gasteiger partial charge on any atom is 0.265 e. The Morgan fingerprint density at radius 1 is 1.30 bits per heavy atom. The molecule has 1 fully saturated rings. The number of aliphatic hydroxyl groups excluding tert-OH is 1. The minimum Gasteiger partial charge on any atom is -0.386 e. The van der Waals surface area contributed by atoms with E-state index in [1.165, 1.54) is 16.9 Å². The standard InChI is InChI=1S/C18H22N2O2S/c1-13(21)17-19-12-16(23-17)18(22)20-10-5-8-15(9-11-20)14-6-3-2-4-7-14/h2-4,6-7,12-13,15,21H,5,8-11H2,1H3/t13-,15-/m0/s1. The largest absolute Gasteiger partial charge is 0.386 e. The molecule has 23 heavy (non-hydrogen) atoms. The van der Waals surface area contributed by atoms with Gasteiger partial charge in [-0.1, -0.05) is 30.3 Å². The summed E-state index contributed by atoms with van der Waals surface area (Å²) in [7, 11) is 0. The van der Waals surface area contributed by atoms with Crippen molar-refractivity contribution in [2.45, 2.75) is 38.2 Å². The van der Waals surface area contributed by atoms with E-state index in [2.05, 4.69) is 29.2 Å². The number of rotatable bonds is 3. The molecule has 0 radical (unpaired) electrons. The normalized spacial score (nSPS) is 20.1. The summed E-state index contributed by atoms with van der Waals surface area (Å²) in [6, 6.07) is 10.6. The topological polar surface area (TPSA) is 53.4 Å². The Bertz CT molecular complexity index is 654. The number of thiazole rings is 1. The van der Waals surface area contributed by atoms with Crippen LogP contribution in [0.2, 0.25) is 0 Å². The molecule has 1 aliphatic rings. The van der Waals surface area contributed by atoms with Crippen LogP contribution in [0.25, 0.3) is 0 Å². The molecule has 4 nitrogen and oxygen atoms in total. The van der Waals surface area contributed by atoms with Crippen molar-refractivity contribution in [3.63, 3.8) is 0 Å². The number of hydrogen-bond donors (Lipinski definition) is 1. The fourth-order valence-electron chi connectivity index (χ4n) is 3.09. The molecule has 1 aromatic carbocycles.